The summed E-state index contributed by atoms with van der Waals surface area (Å²) in [4.78, 5) is 17.8. The lowest BCUT2D eigenvalue weighted by atomic mass is 9.76. The van der Waals surface area contributed by atoms with E-state index in [0.29, 0.717) is 24.5 Å². The summed E-state index contributed by atoms with van der Waals surface area (Å²) < 4.78 is 0. The Morgan fingerprint density at radius 2 is 2.14 bits per heavy atom. The summed E-state index contributed by atoms with van der Waals surface area (Å²) in [6.45, 7) is 8.73. The predicted octanol–water partition coefficient (Wildman–Crippen LogP) is 4.41. The van der Waals surface area contributed by atoms with Crippen LogP contribution in [0.5, 0.6) is 0 Å². The van der Waals surface area contributed by atoms with E-state index in [-0.39, 0.29) is 11.9 Å². The topological polar surface area (TPSA) is 35.6 Å². The Labute approximate surface area is 175 Å². The van der Waals surface area contributed by atoms with Crippen LogP contribution >= 0.6 is 11.6 Å². The smallest absolute Gasteiger partial charge is 0.237 e. The zero-order chi connectivity index (χ0) is 20.3. The van der Waals surface area contributed by atoms with Crippen molar-refractivity contribution >= 4 is 17.5 Å². The second-order valence-electron chi connectivity index (χ2n) is 8.67. The molecule has 5 heteroatoms. The molecule has 2 bridgehead atoms. The standard InChI is InChI=1S/C23H36ClN3O/c1-5-11-27(22(6-2)17-8-10-20(24)16(3)12-17)23(28)14-25-21-13-19-9-7-18(21)15-26(19)4/h8,10,12,18-19,21-22,25H,5-7,9,11,13-15H2,1-4H3. The van der Waals surface area contributed by atoms with Crippen molar-refractivity contribution in [3.8, 4) is 0 Å². The minimum Gasteiger partial charge on any atom is -0.335 e. The molecule has 1 amide bonds. The van der Waals surface area contributed by atoms with Gasteiger partial charge in [-0.05, 0) is 69.2 Å². The fourth-order valence-corrected chi connectivity index (χ4v) is 5.24. The summed E-state index contributed by atoms with van der Waals surface area (Å²) >= 11 is 6.21. The van der Waals surface area contributed by atoms with Gasteiger partial charge in [0.05, 0.1) is 12.6 Å². The number of aryl methyl sites for hydroxylation is 1. The van der Waals surface area contributed by atoms with Crippen LogP contribution in [0.3, 0.4) is 0 Å². The predicted molar refractivity (Wildman–Crippen MR) is 117 cm³/mol. The van der Waals surface area contributed by atoms with Crippen molar-refractivity contribution in [1.29, 1.82) is 0 Å². The highest BCUT2D eigenvalue weighted by Crippen LogP contribution is 2.34. The Balaban J connectivity index is 1.66. The largest absolute Gasteiger partial charge is 0.335 e. The third-order valence-corrected chi connectivity index (χ3v) is 7.17. The number of hydrogen-bond donors (Lipinski definition) is 1. The molecule has 4 nitrogen and oxygen atoms in total. The van der Waals surface area contributed by atoms with Crippen LogP contribution in [0.1, 0.15) is 63.1 Å². The van der Waals surface area contributed by atoms with Gasteiger partial charge in [-0.15, -0.1) is 0 Å². The van der Waals surface area contributed by atoms with E-state index in [1.807, 2.05) is 13.0 Å². The van der Waals surface area contributed by atoms with Crippen molar-refractivity contribution in [2.45, 2.75) is 71.0 Å². The third-order valence-electron chi connectivity index (χ3n) is 6.74. The monoisotopic (exact) mass is 405 g/mol. The van der Waals surface area contributed by atoms with Crippen LogP contribution in [0.15, 0.2) is 18.2 Å². The number of carbonyl (C=O) groups is 1. The summed E-state index contributed by atoms with van der Waals surface area (Å²) in [5.41, 5.74) is 2.26. The maximum atomic E-state index is 13.2. The molecule has 28 heavy (non-hydrogen) atoms. The summed E-state index contributed by atoms with van der Waals surface area (Å²) in [5.74, 6) is 0.902. The molecule has 0 radical (unpaired) electrons. The van der Waals surface area contributed by atoms with Gasteiger partial charge in [0.1, 0.15) is 0 Å². The van der Waals surface area contributed by atoms with Gasteiger partial charge in [-0.1, -0.05) is 37.6 Å². The maximum Gasteiger partial charge on any atom is 0.237 e. The lowest BCUT2D eigenvalue weighted by Crippen LogP contribution is -2.58. The molecule has 4 atom stereocenters. The first-order valence-electron chi connectivity index (χ1n) is 10.9. The zero-order valence-electron chi connectivity index (χ0n) is 17.9. The number of benzene rings is 1. The van der Waals surface area contributed by atoms with E-state index < -0.39 is 0 Å². The van der Waals surface area contributed by atoms with Crippen LogP contribution in [0.2, 0.25) is 5.02 Å². The van der Waals surface area contributed by atoms with Gasteiger partial charge in [0.25, 0.3) is 0 Å². The summed E-state index contributed by atoms with van der Waals surface area (Å²) in [6, 6.07) is 7.44. The van der Waals surface area contributed by atoms with Crippen LogP contribution in [-0.2, 0) is 4.79 Å². The maximum absolute atomic E-state index is 13.2. The van der Waals surface area contributed by atoms with Crippen LogP contribution in [0, 0.1) is 12.8 Å². The molecule has 1 aromatic rings. The molecule has 3 fully saturated rings. The molecule has 0 spiro atoms. The van der Waals surface area contributed by atoms with Gasteiger partial charge in [0, 0.05) is 30.2 Å². The average molecular weight is 406 g/mol. The van der Waals surface area contributed by atoms with Gasteiger partial charge in [0.2, 0.25) is 5.91 Å². The van der Waals surface area contributed by atoms with Gasteiger partial charge < -0.3 is 15.1 Å². The second kappa shape index (κ2) is 9.60. The van der Waals surface area contributed by atoms with Crippen LogP contribution in [0.25, 0.3) is 0 Å². The fourth-order valence-electron chi connectivity index (χ4n) is 5.13. The first kappa shape index (κ1) is 21.6. The first-order valence-corrected chi connectivity index (χ1v) is 11.3. The van der Waals surface area contributed by atoms with E-state index in [1.54, 1.807) is 0 Å². The van der Waals surface area contributed by atoms with Crippen molar-refractivity contribution in [3.05, 3.63) is 34.3 Å². The molecule has 2 saturated heterocycles. The molecule has 3 aliphatic rings. The number of fused-ring (bicyclic) bond motifs is 3. The van der Waals surface area contributed by atoms with E-state index in [2.05, 4.69) is 48.1 Å². The summed E-state index contributed by atoms with van der Waals surface area (Å²) in [5, 5.41) is 4.41. The van der Waals surface area contributed by atoms with Crippen molar-refractivity contribution in [2.75, 3.05) is 26.7 Å². The highest BCUT2D eigenvalue weighted by molar-refractivity contribution is 6.31. The summed E-state index contributed by atoms with van der Waals surface area (Å²) in [7, 11) is 2.24. The van der Waals surface area contributed by atoms with Crippen molar-refractivity contribution < 1.29 is 4.79 Å². The van der Waals surface area contributed by atoms with Gasteiger partial charge in [0.15, 0.2) is 0 Å². The number of piperidine rings is 2. The molecule has 0 aromatic heterocycles. The first-order chi connectivity index (χ1) is 13.4. The number of hydrogen-bond acceptors (Lipinski definition) is 3. The van der Waals surface area contributed by atoms with E-state index in [1.165, 1.54) is 24.8 Å². The SMILES string of the molecule is CCCN(C(=O)CNC1CC2CCC1CN2C)C(CC)c1ccc(Cl)c(C)c1. The lowest BCUT2D eigenvalue weighted by Gasteiger charge is -2.48. The Morgan fingerprint density at radius 3 is 2.71 bits per heavy atom. The summed E-state index contributed by atoms with van der Waals surface area (Å²) in [6.07, 6.45) is 5.65. The molecule has 2 heterocycles. The van der Waals surface area contributed by atoms with E-state index >= 15 is 0 Å². The molecule has 2 aliphatic heterocycles. The molecule has 1 N–H and O–H groups in total. The number of amides is 1. The number of nitrogens with zero attached hydrogens (tertiary/aromatic N) is 2. The Kier molecular flexibility index (Phi) is 7.41. The van der Waals surface area contributed by atoms with E-state index in [9.17, 15) is 4.79 Å². The van der Waals surface area contributed by atoms with Gasteiger partial charge in [-0.3, -0.25) is 4.79 Å². The van der Waals surface area contributed by atoms with Gasteiger partial charge in [-0.2, -0.15) is 0 Å². The number of carbonyl (C=O) groups excluding carboxylic acids is 1. The third kappa shape index (κ3) is 4.72. The number of halogens is 1. The molecule has 1 saturated carbocycles. The second-order valence-corrected chi connectivity index (χ2v) is 9.08. The van der Waals surface area contributed by atoms with Crippen LogP contribution in [-0.4, -0.2) is 54.5 Å². The van der Waals surface area contributed by atoms with E-state index in [4.69, 9.17) is 11.6 Å². The number of rotatable bonds is 8. The highest BCUT2D eigenvalue weighted by atomic mass is 35.5. The normalized spacial score (nSPS) is 25.7. The molecular formula is C23H36ClN3O. The van der Waals surface area contributed by atoms with Gasteiger partial charge in [-0.25, -0.2) is 0 Å². The Morgan fingerprint density at radius 1 is 1.36 bits per heavy atom. The van der Waals surface area contributed by atoms with E-state index in [0.717, 1.165) is 36.5 Å². The fraction of sp³-hybridized carbons (Fsp3) is 0.696. The lowest BCUT2D eigenvalue weighted by molar-refractivity contribution is -0.133. The minimum absolute atomic E-state index is 0.110. The molecule has 4 rings (SSSR count). The molecule has 1 aromatic carbocycles. The van der Waals surface area contributed by atoms with Gasteiger partial charge >= 0.3 is 0 Å². The van der Waals surface area contributed by atoms with Crippen molar-refractivity contribution in [1.82, 2.24) is 15.1 Å². The van der Waals surface area contributed by atoms with Crippen molar-refractivity contribution in [2.24, 2.45) is 5.92 Å². The molecule has 156 valence electrons. The number of nitrogens with one attached hydrogen (secondary N) is 1. The van der Waals surface area contributed by atoms with Crippen molar-refractivity contribution in [3.63, 3.8) is 0 Å². The zero-order valence-corrected chi connectivity index (χ0v) is 18.6. The molecule has 4 unspecified atom stereocenters. The molecule has 1 aliphatic carbocycles. The van der Waals surface area contributed by atoms with Crippen LogP contribution in [0.4, 0.5) is 0 Å². The quantitative estimate of drug-likeness (QED) is 0.695. The Bertz CT molecular complexity index is 680. The minimum atomic E-state index is 0.110. The highest BCUT2D eigenvalue weighted by Gasteiger charge is 2.38. The van der Waals surface area contributed by atoms with Crippen LogP contribution < -0.4 is 5.32 Å². The average Bonchev–Trinajstić information content (AvgIpc) is 2.69. The molecular weight excluding hydrogens is 370 g/mol. The Hall–Kier alpha value is -1.10.